The molecule has 0 saturated heterocycles. The van der Waals surface area contributed by atoms with E-state index in [1.54, 1.807) is 21.3 Å². The van der Waals surface area contributed by atoms with Gasteiger partial charge in [0.2, 0.25) is 0 Å². The van der Waals surface area contributed by atoms with Crippen molar-refractivity contribution in [2.24, 2.45) is 83.7 Å². The maximum absolute atomic E-state index is 11.6. The number of carbonyl (C=O) groups is 9. The van der Waals surface area contributed by atoms with Crippen LogP contribution in [0.1, 0.15) is 246 Å². The second-order valence-corrected chi connectivity index (χ2v) is 40.5. The molecule has 0 bridgehead atoms. The van der Waals surface area contributed by atoms with Crippen LogP contribution in [0.15, 0.2) is 0 Å². The van der Waals surface area contributed by atoms with Crippen LogP contribution in [0, 0.1) is 66.5 Å². The predicted octanol–water partition coefficient (Wildman–Crippen LogP) is 11.4. The Morgan fingerprint density at radius 2 is 0.333 bits per heavy atom. The molecule has 0 rings (SSSR count). The fourth-order valence-corrected chi connectivity index (χ4v) is 8.02. The maximum Gasteiger partial charge on any atom is 0.309 e. The van der Waals surface area contributed by atoms with Crippen molar-refractivity contribution >= 4 is 53.7 Å². The molecular formula is C96H195N3O33. The third-order valence-electron chi connectivity index (χ3n) is 16.2. The maximum atomic E-state index is 11.6. The first-order valence-corrected chi connectivity index (χ1v) is 45.9. The molecule has 3 atom stereocenters. The summed E-state index contributed by atoms with van der Waals surface area (Å²) in [5, 5.41) is 25.2. The van der Waals surface area contributed by atoms with Gasteiger partial charge in [-0.05, 0) is 48.7 Å². The summed E-state index contributed by atoms with van der Waals surface area (Å²) in [7, 11) is 4.85. The van der Waals surface area contributed by atoms with Crippen LogP contribution in [0.4, 0.5) is 0 Å². The largest absolute Gasteiger partial charge is 0.463 e. The Morgan fingerprint density at radius 1 is 0.205 bits per heavy atom. The summed E-state index contributed by atoms with van der Waals surface area (Å²) in [4.78, 5) is 102. The second kappa shape index (κ2) is 89.4. The Bertz CT molecular complexity index is 2470. The molecule has 0 amide bonds. The normalized spacial score (nSPS) is 12.2. The number of rotatable bonds is 57. The van der Waals surface area contributed by atoms with Crippen molar-refractivity contribution in [3.8, 4) is 0 Å². The van der Waals surface area contributed by atoms with E-state index in [9.17, 15) is 43.2 Å². The van der Waals surface area contributed by atoms with Crippen molar-refractivity contribution in [3.63, 3.8) is 0 Å². The lowest BCUT2D eigenvalue weighted by molar-refractivity contribution is -0.154. The van der Waals surface area contributed by atoms with Crippen LogP contribution >= 0.6 is 0 Å². The fourth-order valence-electron chi connectivity index (χ4n) is 8.02. The van der Waals surface area contributed by atoms with Gasteiger partial charge in [0.25, 0.3) is 0 Å². The van der Waals surface area contributed by atoms with Gasteiger partial charge in [0.15, 0.2) is 0 Å². The Labute approximate surface area is 797 Å². The minimum Gasteiger partial charge on any atom is -0.463 e. The molecule has 9 N–H and O–H groups in total. The number of aliphatic hydroxyl groups excluding tert-OH is 3. The van der Waals surface area contributed by atoms with Crippen LogP contribution < -0.4 is 17.2 Å². The van der Waals surface area contributed by atoms with E-state index < -0.39 is 0 Å². The molecule has 0 radical (unpaired) electrons. The van der Waals surface area contributed by atoms with Gasteiger partial charge in [0.05, 0.1) is 215 Å². The van der Waals surface area contributed by atoms with Crippen LogP contribution in [0.25, 0.3) is 0 Å². The van der Waals surface area contributed by atoms with E-state index in [0.717, 1.165) is 0 Å². The number of ether oxygens (including phenoxy) is 21. The summed E-state index contributed by atoms with van der Waals surface area (Å²) in [6.45, 7) is 73.0. The molecule has 0 fully saturated rings. The highest BCUT2D eigenvalue weighted by Crippen LogP contribution is 2.29. The molecule has 0 aliphatic heterocycles. The molecule has 0 aliphatic rings. The van der Waals surface area contributed by atoms with Gasteiger partial charge >= 0.3 is 53.7 Å². The molecule has 0 aliphatic carbocycles. The quantitative estimate of drug-likeness (QED) is 0.0187. The number of hydrogen-bond donors (Lipinski definition) is 6. The van der Waals surface area contributed by atoms with Crippen LogP contribution in [-0.4, -0.2) is 328 Å². The number of esters is 9. The molecule has 0 aromatic rings. The summed E-state index contributed by atoms with van der Waals surface area (Å²) in [5.41, 5.74) is 15.3. The molecule has 0 aromatic carbocycles. The summed E-state index contributed by atoms with van der Waals surface area (Å²) in [6, 6.07) is 0. The molecule has 0 saturated carbocycles. The van der Waals surface area contributed by atoms with Crippen LogP contribution in [0.2, 0.25) is 0 Å². The number of carbonyl (C=O) groups excluding carboxylic acids is 9. The summed E-state index contributed by atoms with van der Waals surface area (Å²) in [5.74, 6) is -1.96. The van der Waals surface area contributed by atoms with E-state index in [2.05, 4.69) is 0 Å². The van der Waals surface area contributed by atoms with Gasteiger partial charge < -0.3 is 132 Å². The van der Waals surface area contributed by atoms with Crippen molar-refractivity contribution < 1.29 is 158 Å². The Balaban J connectivity index is -0.000000184. The third-order valence-corrected chi connectivity index (χ3v) is 16.2. The van der Waals surface area contributed by atoms with Gasteiger partial charge in [-0.25, -0.2) is 0 Å². The van der Waals surface area contributed by atoms with Crippen LogP contribution in [0.5, 0.6) is 0 Å². The Kier molecular flexibility index (Phi) is 97.8. The molecule has 36 heteroatoms. The number of nitrogens with two attached hydrogens (primary N) is 3. The van der Waals surface area contributed by atoms with Gasteiger partial charge in [0, 0.05) is 41.0 Å². The van der Waals surface area contributed by atoms with E-state index in [1.807, 2.05) is 208 Å². The van der Waals surface area contributed by atoms with E-state index in [-0.39, 0.29) is 180 Å². The average Bonchev–Trinajstić information content (AvgIpc) is 0.890. The van der Waals surface area contributed by atoms with Gasteiger partial charge in [0.1, 0.15) is 59.5 Å². The Hall–Kier alpha value is -5.49. The zero-order chi connectivity index (χ0) is 104. The van der Waals surface area contributed by atoms with Crippen molar-refractivity contribution in [2.75, 3.05) is 259 Å². The van der Waals surface area contributed by atoms with Crippen molar-refractivity contribution in [1.29, 1.82) is 0 Å². The minimum atomic E-state index is -0.204. The molecule has 0 spiro atoms. The monoisotopic (exact) mass is 1920 g/mol. The second-order valence-electron chi connectivity index (χ2n) is 40.5. The van der Waals surface area contributed by atoms with E-state index in [1.165, 1.54) is 0 Å². The average molecular weight is 1920 g/mol. The summed E-state index contributed by atoms with van der Waals surface area (Å²) >= 11 is 0. The number of hydrogen-bond acceptors (Lipinski definition) is 36. The zero-order valence-corrected chi connectivity index (χ0v) is 88.8. The lowest BCUT2D eigenvalue weighted by Gasteiger charge is -2.25. The minimum absolute atomic E-state index is 0.00403. The molecule has 132 heavy (non-hydrogen) atoms. The van der Waals surface area contributed by atoms with Crippen molar-refractivity contribution in [1.82, 2.24) is 0 Å². The molecular weight excluding hydrogens is 1720 g/mol. The highest BCUT2D eigenvalue weighted by molar-refractivity contribution is 5.74. The molecule has 36 nitrogen and oxygen atoms in total. The lowest BCUT2D eigenvalue weighted by Crippen LogP contribution is -2.28. The summed E-state index contributed by atoms with van der Waals surface area (Å²) < 4.78 is 105. The highest BCUT2D eigenvalue weighted by Gasteiger charge is 2.31. The summed E-state index contributed by atoms with van der Waals surface area (Å²) in [6.07, 6.45) is 2.56. The SMILES string of the molecule is CC(C(=O)OCCOCCN)C(C)(C)C.CC(C(=O)OCCOCCO)C(C)(C)C.CC(C)(C)CC(=O)OCCOCCN.CC(C)(C)CC(=O)OCCOCCN.CC(C)(C)CC(=O)OCCOCCO.CC(C)(C)CC(=O)OCCOCCO.COCCOCCOC(=O)C(C)C(C)(C)C.COCCOCCOC(=O)CC(C)(C)C.COCCOCCOC(=O)CC(C)(C)C. The molecule has 3 unspecified atom stereocenters. The van der Waals surface area contributed by atoms with Crippen molar-refractivity contribution in [2.45, 2.75) is 246 Å². The standard InChI is InChI=1S/C12H24O4.C11H23NO3.3C11H22O4.2C10H21NO3.2C10H20O4/c1-10(12(2,3)4)11(13)16-9-8-15-7-6-14-5;1-9(11(2,3)4)10(13)15-8-7-14-6-5-12;2*1-11(2,3)9-10(12)15-8-7-14-6-5-13-4;1-9(11(2,3)4)10(13)15-8-7-14-6-5-12;4*1-10(2,3)8-9(12)14-7-6-13-5-4-11/h10H,6-9H2,1-5H3;9H,5-8,12H2,1-4H3;2*5-9H2,1-4H3;9,12H,5-8H2,1-4H3;2*4-8,11H2,1-3H3;2*11H,4-8H2,1-3H3. The first-order valence-electron chi connectivity index (χ1n) is 45.9. The topological polar surface area (TPSA) is 486 Å². The molecule has 0 aromatic heterocycles. The van der Waals surface area contributed by atoms with Gasteiger partial charge in [-0.3, -0.25) is 43.2 Å². The van der Waals surface area contributed by atoms with Gasteiger partial charge in [-0.1, -0.05) is 208 Å². The number of methoxy groups -OCH3 is 3. The van der Waals surface area contributed by atoms with Crippen molar-refractivity contribution in [3.05, 3.63) is 0 Å². The van der Waals surface area contributed by atoms with E-state index in [4.69, 9.17) is 132 Å². The smallest absolute Gasteiger partial charge is 0.309 e. The van der Waals surface area contributed by atoms with Crippen LogP contribution in [0.3, 0.4) is 0 Å². The first-order chi connectivity index (χ1) is 60.9. The Morgan fingerprint density at radius 3 is 0.455 bits per heavy atom. The lowest BCUT2D eigenvalue weighted by atomic mass is 9.82. The molecule has 0 heterocycles. The first kappa shape index (κ1) is 144. The fraction of sp³-hybridized carbons (Fsp3) is 0.906. The third kappa shape index (κ3) is 131. The highest BCUT2D eigenvalue weighted by atomic mass is 16.6. The van der Waals surface area contributed by atoms with Gasteiger partial charge in [-0.15, -0.1) is 0 Å². The van der Waals surface area contributed by atoms with E-state index >= 15 is 0 Å². The van der Waals surface area contributed by atoms with E-state index in [0.29, 0.717) is 217 Å². The molecule has 792 valence electrons. The zero-order valence-electron chi connectivity index (χ0n) is 88.8. The van der Waals surface area contributed by atoms with Crippen LogP contribution in [-0.2, 0) is 143 Å². The predicted molar refractivity (Wildman–Crippen MR) is 510 cm³/mol. The number of aliphatic hydroxyl groups is 3. The van der Waals surface area contributed by atoms with Gasteiger partial charge in [-0.2, -0.15) is 0 Å².